The molecule has 0 radical (unpaired) electrons. The summed E-state index contributed by atoms with van der Waals surface area (Å²) in [5.74, 6) is 1.45. The molecule has 25 heavy (non-hydrogen) atoms. The molecule has 0 bridgehead atoms. The van der Waals surface area contributed by atoms with Gasteiger partial charge in [0.2, 0.25) is 0 Å². The molecule has 0 aliphatic rings. The van der Waals surface area contributed by atoms with Crippen molar-refractivity contribution in [3.63, 3.8) is 0 Å². The first kappa shape index (κ1) is 17.0. The Hall–Kier alpha value is -2.85. The number of hydrogen-bond acceptors (Lipinski definition) is 4. The lowest BCUT2D eigenvalue weighted by atomic mass is 10.0. The van der Waals surface area contributed by atoms with E-state index in [-0.39, 0.29) is 6.04 Å². The molecule has 0 aliphatic carbocycles. The molecule has 4 nitrogen and oxygen atoms in total. The van der Waals surface area contributed by atoms with Gasteiger partial charge in [-0.15, -0.1) is 0 Å². The highest BCUT2D eigenvalue weighted by Gasteiger charge is 2.11. The smallest absolute Gasteiger partial charge is 0.161 e. The number of nitrogens with two attached hydrogens (primary N) is 1. The maximum Gasteiger partial charge on any atom is 0.161 e. The van der Waals surface area contributed by atoms with Crippen molar-refractivity contribution in [2.45, 2.75) is 19.1 Å². The summed E-state index contributed by atoms with van der Waals surface area (Å²) in [6.07, 6.45) is 4.24. The lowest BCUT2D eigenvalue weighted by Crippen LogP contribution is -2.13. The van der Waals surface area contributed by atoms with E-state index in [1.165, 1.54) is 0 Å². The summed E-state index contributed by atoms with van der Waals surface area (Å²) in [6.45, 7) is 0.507. The van der Waals surface area contributed by atoms with Gasteiger partial charge in [-0.25, -0.2) is 0 Å². The third kappa shape index (κ3) is 4.58. The van der Waals surface area contributed by atoms with Gasteiger partial charge in [-0.3, -0.25) is 4.98 Å². The van der Waals surface area contributed by atoms with Crippen LogP contribution in [0, 0.1) is 0 Å². The Kier molecular flexibility index (Phi) is 5.65. The quantitative estimate of drug-likeness (QED) is 0.712. The summed E-state index contributed by atoms with van der Waals surface area (Å²) >= 11 is 0. The fraction of sp³-hybridized carbons (Fsp3) is 0.190. The normalized spacial score (nSPS) is 11.8. The van der Waals surface area contributed by atoms with E-state index >= 15 is 0 Å². The lowest BCUT2D eigenvalue weighted by molar-refractivity contribution is 0.284. The second kappa shape index (κ2) is 8.31. The zero-order valence-electron chi connectivity index (χ0n) is 14.3. The molecule has 0 saturated heterocycles. The van der Waals surface area contributed by atoms with Crippen molar-refractivity contribution in [3.05, 3.63) is 89.7 Å². The Morgan fingerprint density at radius 1 is 0.920 bits per heavy atom. The molecule has 4 heteroatoms. The molecule has 0 spiro atoms. The minimum atomic E-state index is -0.0798. The van der Waals surface area contributed by atoms with Gasteiger partial charge >= 0.3 is 0 Å². The van der Waals surface area contributed by atoms with Crippen LogP contribution in [-0.2, 0) is 13.0 Å². The highest BCUT2D eigenvalue weighted by molar-refractivity contribution is 5.43. The maximum absolute atomic E-state index is 6.29. The topological polar surface area (TPSA) is 57.4 Å². The van der Waals surface area contributed by atoms with Crippen LogP contribution in [-0.4, -0.2) is 12.1 Å². The second-order valence-corrected chi connectivity index (χ2v) is 5.85. The summed E-state index contributed by atoms with van der Waals surface area (Å²) in [4.78, 5) is 4.03. The minimum absolute atomic E-state index is 0.0798. The summed E-state index contributed by atoms with van der Waals surface area (Å²) < 4.78 is 11.4. The molecule has 3 rings (SSSR count). The number of benzene rings is 2. The van der Waals surface area contributed by atoms with Crippen molar-refractivity contribution in [1.82, 2.24) is 4.98 Å². The van der Waals surface area contributed by atoms with Gasteiger partial charge in [0.25, 0.3) is 0 Å². The first-order chi connectivity index (χ1) is 12.3. The summed E-state index contributed by atoms with van der Waals surface area (Å²) in [6, 6.07) is 19.8. The minimum Gasteiger partial charge on any atom is -0.493 e. The molecule has 128 valence electrons. The standard InChI is InChI=1S/C21H22N2O2/c1-24-21-14-17(13-19(22)18-9-11-23-12-10-18)7-8-20(21)25-15-16-5-3-2-4-6-16/h2-12,14,19H,13,15,22H2,1H3. The van der Waals surface area contributed by atoms with Gasteiger partial charge in [-0.05, 0) is 47.4 Å². The van der Waals surface area contributed by atoms with Crippen LogP contribution < -0.4 is 15.2 Å². The molecule has 2 aromatic carbocycles. The summed E-state index contributed by atoms with van der Waals surface area (Å²) in [7, 11) is 1.65. The molecule has 1 atom stereocenters. The molecule has 2 N–H and O–H groups in total. The van der Waals surface area contributed by atoms with Gasteiger partial charge in [-0.1, -0.05) is 36.4 Å². The Balaban J connectivity index is 1.69. The number of nitrogens with zero attached hydrogens (tertiary/aromatic N) is 1. The Morgan fingerprint density at radius 2 is 1.68 bits per heavy atom. The van der Waals surface area contributed by atoms with Crippen LogP contribution in [0.4, 0.5) is 0 Å². The number of methoxy groups -OCH3 is 1. The molecule has 0 fully saturated rings. The van der Waals surface area contributed by atoms with Crippen molar-refractivity contribution < 1.29 is 9.47 Å². The van der Waals surface area contributed by atoms with E-state index in [4.69, 9.17) is 15.2 Å². The predicted octanol–water partition coefficient (Wildman–Crippen LogP) is 3.91. The van der Waals surface area contributed by atoms with Crippen LogP contribution in [0.15, 0.2) is 73.1 Å². The molecule has 0 aliphatic heterocycles. The van der Waals surface area contributed by atoms with Crippen molar-refractivity contribution in [2.24, 2.45) is 5.73 Å². The van der Waals surface area contributed by atoms with Crippen molar-refractivity contribution in [1.29, 1.82) is 0 Å². The number of pyridine rings is 1. The number of ether oxygens (including phenoxy) is 2. The number of hydrogen-bond donors (Lipinski definition) is 1. The first-order valence-electron chi connectivity index (χ1n) is 8.25. The zero-order valence-corrected chi connectivity index (χ0v) is 14.3. The number of aromatic nitrogens is 1. The molecule has 1 unspecified atom stereocenters. The zero-order chi connectivity index (χ0) is 17.5. The molecule has 1 aromatic heterocycles. The van der Waals surface area contributed by atoms with E-state index in [2.05, 4.69) is 4.98 Å². The maximum atomic E-state index is 6.29. The van der Waals surface area contributed by atoms with Crippen molar-refractivity contribution >= 4 is 0 Å². The van der Waals surface area contributed by atoms with Crippen LogP contribution in [0.2, 0.25) is 0 Å². The van der Waals surface area contributed by atoms with Gasteiger partial charge in [-0.2, -0.15) is 0 Å². The molecule has 0 saturated carbocycles. The third-order valence-electron chi connectivity index (χ3n) is 4.06. The third-order valence-corrected chi connectivity index (χ3v) is 4.06. The number of rotatable bonds is 7. The fourth-order valence-electron chi connectivity index (χ4n) is 2.68. The van der Waals surface area contributed by atoms with Crippen LogP contribution in [0.25, 0.3) is 0 Å². The second-order valence-electron chi connectivity index (χ2n) is 5.85. The van der Waals surface area contributed by atoms with E-state index in [0.717, 1.165) is 34.6 Å². The van der Waals surface area contributed by atoms with Crippen LogP contribution in [0.5, 0.6) is 11.5 Å². The molecule has 1 heterocycles. The molecular formula is C21H22N2O2. The van der Waals surface area contributed by atoms with Crippen molar-refractivity contribution in [3.8, 4) is 11.5 Å². The monoisotopic (exact) mass is 334 g/mol. The van der Waals surface area contributed by atoms with Crippen LogP contribution in [0.3, 0.4) is 0 Å². The molecular weight excluding hydrogens is 312 g/mol. The largest absolute Gasteiger partial charge is 0.493 e. The fourth-order valence-corrected chi connectivity index (χ4v) is 2.68. The van der Waals surface area contributed by atoms with E-state index in [0.29, 0.717) is 6.61 Å². The Labute approximate surface area is 148 Å². The molecule has 3 aromatic rings. The van der Waals surface area contributed by atoms with Gasteiger partial charge in [0, 0.05) is 18.4 Å². The highest BCUT2D eigenvalue weighted by Crippen LogP contribution is 2.30. The Morgan fingerprint density at radius 3 is 2.40 bits per heavy atom. The average molecular weight is 334 g/mol. The van der Waals surface area contributed by atoms with Gasteiger partial charge in [0.1, 0.15) is 6.61 Å². The van der Waals surface area contributed by atoms with Crippen LogP contribution >= 0.6 is 0 Å². The van der Waals surface area contributed by atoms with Gasteiger partial charge < -0.3 is 15.2 Å². The van der Waals surface area contributed by atoms with Gasteiger partial charge in [0.15, 0.2) is 11.5 Å². The SMILES string of the molecule is COc1cc(CC(N)c2ccncc2)ccc1OCc1ccccc1. The Bertz CT molecular complexity index is 792. The molecule has 0 amide bonds. The van der Waals surface area contributed by atoms with Gasteiger partial charge in [0.05, 0.1) is 7.11 Å². The highest BCUT2D eigenvalue weighted by atomic mass is 16.5. The summed E-state index contributed by atoms with van der Waals surface area (Å²) in [5.41, 5.74) is 9.58. The van der Waals surface area contributed by atoms with E-state index in [1.54, 1.807) is 19.5 Å². The van der Waals surface area contributed by atoms with Crippen molar-refractivity contribution in [2.75, 3.05) is 7.11 Å². The van der Waals surface area contributed by atoms with E-state index in [9.17, 15) is 0 Å². The average Bonchev–Trinajstić information content (AvgIpc) is 2.68. The predicted molar refractivity (Wildman–Crippen MR) is 98.6 cm³/mol. The lowest BCUT2D eigenvalue weighted by Gasteiger charge is -2.15. The van der Waals surface area contributed by atoms with Crippen LogP contribution in [0.1, 0.15) is 22.7 Å². The summed E-state index contributed by atoms with van der Waals surface area (Å²) in [5, 5.41) is 0. The first-order valence-corrected chi connectivity index (χ1v) is 8.25. The van der Waals surface area contributed by atoms with E-state index in [1.807, 2.05) is 60.7 Å². The van der Waals surface area contributed by atoms with E-state index < -0.39 is 0 Å².